The van der Waals surface area contributed by atoms with Crippen LogP contribution in [-0.4, -0.2) is 102 Å². The third-order valence-electron chi connectivity index (χ3n) is 11.5. The molecule has 66 heavy (non-hydrogen) atoms. The topological polar surface area (TPSA) is 310 Å². The fourth-order valence-corrected chi connectivity index (χ4v) is 8.70. The number of rotatable bonds is 5. The van der Waals surface area contributed by atoms with Gasteiger partial charge < -0.3 is 20.5 Å². The van der Waals surface area contributed by atoms with E-state index in [4.69, 9.17) is 26.1 Å². The van der Waals surface area contributed by atoms with E-state index in [0.29, 0.717) is 51.9 Å². The molecule has 2 aromatic rings. The van der Waals surface area contributed by atoms with Gasteiger partial charge in [-0.3, -0.25) is 53.1 Å². The summed E-state index contributed by atoms with van der Waals surface area (Å²) < 4.78 is 10.5. The van der Waals surface area contributed by atoms with Crippen LogP contribution in [0.3, 0.4) is 0 Å². The van der Waals surface area contributed by atoms with E-state index in [9.17, 15) is 47.9 Å². The van der Waals surface area contributed by atoms with Crippen molar-refractivity contribution in [2.75, 3.05) is 0 Å². The van der Waals surface area contributed by atoms with Crippen LogP contribution in [0.1, 0.15) is 133 Å². The number of carbonyl (C=O) groups excluding carboxylic acids is 10. The quantitative estimate of drug-likeness (QED) is 0.103. The summed E-state index contributed by atoms with van der Waals surface area (Å²) in [6, 6.07) is 6.96. The van der Waals surface area contributed by atoms with Gasteiger partial charge in [-0.25, -0.2) is 9.59 Å². The Morgan fingerprint density at radius 3 is 1.36 bits per heavy atom. The minimum atomic E-state index is -1.32. The monoisotopic (exact) mass is 980 g/mol. The van der Waals surface area contributed by atoms with Gasteiger partial charge in [-0.05, 0) is 109 Å². The molecule has 340 valence electrons. The molecule has 8 rings (SSSR count). The summed E-state index contributed by atoms with van der Waals surface area (Å²) in [5.41, 5.74) is 19.9. The Kier molecular flexibility index (Phi) is 14.5. The number of likely N-dealkylation sites (tertiary alicyclic amines) is 2. The number of nitrogens with zero attached hydrogens (tertiary/aromatic N) is 10. The fourth-order valence-electron chi connectivity index (χ4n) is 8.23. The molecule has 2 atom stereocenters. The van der Waals surface area contributed by atoms with Crippen LogP contribution in [0.5, 0.6) is 0 Å². The Hall–Kier alpha value is -5.96. The SMILES string of the molecule is CC(C)(C)OC(=O)N1C(=O)C(N2C(=O)c3cccc(CBr)c3C2=O)CC2(CC2)C1=O.CC(C)(C)OC(=O)N1C(=O)C(N2C(=O)c3cccc(CN=[N+]=[N-])c3C2=O)CC2(CC2)C1=O.[N-]=[N+]=[N-].[Na+]. The van der Waals surface area contributed by atoms with Crippen LogP contribution in [0.2, 0.25) is 0 Å². The molecule has 2 unspecified atom stereocenters. The second-order valence-corrected chi connectivity index (χ2v) is 18.7. The molecule has 0 radical (unpaired) electrons. The molecule has 10 amide bonds. The number of amides is 10. The maximum atomic E-state index is 13.3. The molecular formula is C42H42BrN10NaO12. The standard InChI is InChI=1S/C21H21BrN2O6.C21H21N5O6.N3.Na/c1-20(2,3)30-19(29)24-16(26)13(9-21(7-8-21)18(24)28)23-15(25)12-6-4-5-11(10-22)14(12)17(23)27;1-20(2,3)32-19(31)26-16(28)13(9-21(7-8-21)18(26)30)25-15(27)12-6-4-5-11(10-23-24-22)14(12)17(25)29;1-3-2;/h4-6,13H,7-10H2,1-3H3;4-6,13H,7-10H2,1-3H3;;/q;;-1;+1. The van der Waals surface area contributed by atoms with Gasteiger partial charge in [-0.1, -0.05) is 45.3 Å². The summed E-state index contributed by atoms with van der Waals surface area (Å²) in [4.78, 5) is 137. The van der Waals surface area contributed by atoms with E-state index >= 15 is 0 Å². The van der Waals surface area contributed by atoms with Crippen molar-refractivity contribution in [3.05, 3.63) is 96.2 Å². The Labute approximate surface area is 407 Å². The maximum Gasteiger partial charge on any atom is 1.00 e. The van der Waals surface area contributed by atoms with E-state index < -0.39 is 93.6 Å². The maximum absolute atomic E-state index is 13.3. The number of hydrogen-bond donors (Lipinski definition) is 0. The van der Waals surface area contributed by atoms with Crippen LogP contribution in [0.4, 0.5) is 9.59 Å². The van der Waals surface area contributed by atoms with Crippen molar-refractivity contribution in [1.29, 1.82) is 0 Å². The summed E-state index contributed by atoms with van der Waals surface area (Å²) >= 11 is 3.32. The molecular weight excluding hydrogens is 939 g/mol. The summed E-state index contributed by atoms with van der Waals surface area (Å²) in [7, 11) is 0. The van der Waals surface area contributed by atoms with E-state index in [1.54, 1.807) is 71.9 Å². The summed E-state index contributed by atoms with van der Waals surface area (Å²) in [5.74, 6) is -5.73. The van der Waals surface area contributed by atoms with Gasteiger partial charge in [-0.15, -0.1) is 0 Å². The zero-order chi connectivity index (χ0) is 48.1. The van der Waals surface area contributed by atoms with Crippen LogP contribution >= 0.6 is 15.9 Å². The van der Waals surface area contributed by atoms with Gasteiger partial charge in [0.15, 0.2) is 0 Å². The molecule has 4 fully saturated rings. The molecule has 2 saturated heterocycles. The number of azide groups is 1. The summed E-state index contributed by atoms with van der Waals surface area (Å²) in [5, 5.41) is 3.83. The van der Waals surface area contributed by atoms with Crippen molar-refractivity contribution in [3.8, 4) is 0 Å². The Morgan fingerprint density at radius 1 is 0.667 bits per heavy atom. The van der Waals surface area contributed by atoms with E-state index in [1.165, 1.54) is 11.0 Å². The minimum absolute atomic E-state index is 0. The molecule has 2 aliphatic carbocycles. The number of benzene rings is 2. The first-order chi connectivity index (χ1) is 30.4. The molecule has 0 aromatic heterocycles. The van der Waals surface area contributed by atoms with Gasteiger partial charge in [0.05, 0.1) is 39.6 Å². The Balaban J connectivity index is 0.000000231. The molecule has 4 heterocycles. The second kappa shape index (κ2) is 18.7. The van der Waals surface area contributed by atoms with E-state index in [-0.39, 0.29) is 71.2 Å². The van der Waals surface area contributed by atoms with Crippen LogP contribution in [0.15, 0.2) is 41.5 Å². The minimum Gasteiger partial charge on any atom is -0.443 e. The van der Waals surface area contributed by atoms with Crippen LogP contribution < -0.4 is 29.6 Å². The Bertz CT molecular complexity index is 2590. The first-order valence-corrected chi connectivity index (χ1v) is 21.3. The predicted octanol–water partition coefficient (Wildman–Crippen LogP) is 3.83. The van der Waals surface area contributed by atoms with Crippen molar-refractivity contribution < 1.29 is 87.0 Å². The number of alkyl halides is 1. The number of hydrogen-bond acceptors (Lipinski definition) is 13. The predicted molar refractivity (Wildman–Crippen MR) is 226 cm³/mol. The summed E-state index contributed by atoms with van der Waals surface area (Å²) in [6.45, 7) is 9.54. The van der Waals surface area contributed by atoms with E-state index in [0.717, 1.165) is 9.80 Å². The third kappa shape index (κ3) is 9.36. The third-order valence-corrected chi connectivity index (χ3v) is 12.1. The Morgan fingerprint density at radius 2 is 1.03 bits per heavy atom. The molecule has 0 N–H and O–H groups in total. The van der Waals surface area contributed by atoms with Gasteiger partial charge in [0.2, 0.25) is 11.8 Å². The van der Waals surface area contributed by atoms with Gasteiger partial charge in [0, 0.05) is 10.2 Å². The van der Waals surface area contributed by atoms with Crippen molar-refractivity contribution >= 4 is 75.4 Å². The number of halogens is 1. The average Bonchev–Trinajstić information content (AvgIpc) is 4.15. The number of fused-ring (bicyclic) bond motifs is 2. The van der Waals surface area contributed by atoms with Crippen molar-refractivity contribution in [2.45, 2.75) is 115 Å². The zero-order valence-corrected chi connectivity index (χ0v) is 40.6. The van der Waals surface area contributed by atoms with Crippen LogP contribution in [0.25, 0.3) is 26.4 Å². The molecule has 4 aliphatic heterocycles. The number of carbonyl (C=O) groups is 10. The number of piperidine rings is 2. The molecule has 2 spiro atoms. The van der Waals surface area contributed by atoms with Gasteiger partial charge in [-0.2, -0.15) is 9.80 Å². The van der Waals surface area contributed by atoms with E-state index in [1.807, 2.05) is 0 Å². The van der Waals surface area contributed by atoms with Gasteiger partial charge in [0.1, 0.15) is 23.3 Å². The fraction of sp³-hybridized carbons (Fsp3) is 0.476. The molecule has 2 saturated carbocycles. The van der Waals surface area contributed by atoms with Gasteiger partial charge >= 0.3 is 41.7 Å². The van der Waals surface area contributed by atoms with E-state index in [2.05, 4.69) is 26.0 Å². The van der Waals surface area contributed by atoms with Crippen LogP contribution in [-0.2, 0) is 40.5 Å². The zero-order valence-electron chi connectivity index (χ0n) is 37.0. The number of ether oxygens (including phenoxy) is 2. The van der Waals surface area contributed by atoms with Gasteiger partial charge in [0.25, 0.3) is 35.4 Å². The molecule has 6 aliphatic rings. The molecule has 0 bridgehead atoms. The number of imide groups is 8. The summed E-state index contributed by atoms with van der Waals surface area (Å²) in [6.07, 6.45) is -0.342. The first kappa shape index (κ1) is 51.0. The largest absolute Gasteiger partial charge is 1.00 e. The molecule has 24 heteroatoms. The van der Waals surface area contributed by atoms with Crippen molar-refractivity contribution in [3.63, 3.8) is 0 Å². The van der Waals surface area contributed by atoms with Crippen molar-refractivity contribution in [1.82, 2.24) is 19.6 Å². The van der Waals surface area contributed by atoms with Crippen LogP contribution in [0, 0.1) is 10.8 Å². The molecule has 2 aromatic carbocycles. The normalized spacial score (nSPS) is 20.8. The second-order valence-electron chi connectivity index (χ2n) is 18.2. The first-order valence-electron chi connectivity index (χ1n) is 20.2. The average molecular weight is 982 g/mol. The molecule has 22 nitrogen and oxygen atoms in total. The smallest absolute Gasteiger partial charge is 0.443 e. The van der Waals surface area contributed by atoms with Crippen molar-refractivity contribution in [2.24, 2.45) is 15.9 Å².